The lowest BCUT2D eigenvalue weighted by Crippen LogP contribution is -2.36. The van der Waals surface area contributed by atoms with Crippen LogP contribution < -0.4 is 20.7 Å². The fourth-order valence-corrected chi connectivity index (χ4v) is 2.59. The van der Waals surface area contributed by atoms with Gasteiger partial charge >= 0.3 is 0 Å². The van der Waals surface area contributed by atoms with Crippen LogP contribution in [0.2, 0.25) is 0 Å². The second kappa shape index (κ2) is 10.5. The molecule has 2 amide bonds. The maximum absolute atomic E-state index is 11.9. The average Bonchev–Trinajstić information content (AvgIpc) is 2.77. The van der Waals surface area contributed by atoms with Crippen LogP contribution in [0.1, 0.15) is 10.4 Å². The molecule has 0 bridgehead atoms. The van der Waals surface area contributed by atoms with Gasteiger partial charge in [-0.15, -0.1) is 0 Å². The zero-order valence-corrected chi connectivity index (χ0v) is 15.9. The SMILES string of the molecule is O=C(COc1ccc(Nc2ccccc2)cc1)NCCNC(=O)c1ccccc1. The van der Waals surface area contributed by atoms with Crippen LogP contribution in [0.15, 0.2) is 84.9 Å². The lowest BCUT2D eigenvalue weighted by Gasteiger charge is -2.10. The monoisotopic (exact) mass is 389 g/mol. The smallest absolute Gasteiger partial charge is 0.258 e. The minimum atomic E-state index is -0.245. The lowest BCUT2D eigenvalue weighted by molar-refractivity contribution is -0.123. The Morgan fingerprint density at radius 3 is 1.97 bits per heavy atom. The van der Waals surface area contributed by atoms with E-state index >= 15 is 0 Å². The van der Waals surface area contributed by atoms with E-state index in [1.165, 1.54) is 0 Å². The molecule has 0 saturated heterocycles. The fraction of sp³-hybridized carbons (Fsp3) is 0.130. The third-order valence-corrected chi connectivity index (χ3v) is 4.06. The quantitative estimate of drug-likeness (QED) is 0.491. The van der Waals surface area contributed by atoms with Crippen LogP contribution in [-0.2, 0) is 4.79 Å². The molecule has 0 fully saturated rings. The summed E-state index contributed by atoms with van der Waals surface area (Å²) in [4.78, 5) is 23.8. The van der Waals surface area contributed by atoms with Gasteiger partial charge in [0.2, 0.25) is 0 Å². The summed E-state index contributed by atoms with van der Waals surface area (Å²) >= 11 is 0. The van der Waals surface area contributed by atoms with Crippen molar-refractivity contribution < 1.29 is 14.3 Å². The van der Waals surface area contributed by atoms with Crippen molar-refractivity contribution >= 4 is 23.2 Å². The van der Waals surface area contributed by atoms with Gasteiger partial charge in [0.25, 0.3) is 11.8 Å². The molecule has 0 aliphatic heterocycles. The molecule has 0 aliphatic carbocycles. The van der Waals surface area contributed by atoms with Gasteiger partial charge in [0, 0.05) is 30.0 Å². The first-order chi connectivity index (χ1) is 14.2. The Morgan fingerprint density at radius 2 is 1.28 bits per heavy atom. The Labute approximate surface area is 169 Å². The van der Waals surface area contributed by atoms with Crippen molar-refractivity contribution in [2.24, 2.45) is 0 Å². The zero-order valence-electron chi connectivity index (χ0n) is 15.9. The van der Waals surface area contributed by atoms with Gasteiger partial charge in [-0.25, -0.2) is 0 Å². The molecule has 0 heterocycles. The number of benzene rings is 3. The molecule has 0 unspecified atom stereocenters. The summed E-state index contributed by atoms with van der Waals surface area (Å²) in [7, 11) is 0. The van der Waals surface area contributed by atoms with Gasteiger partial charge in [-0.3, -0.25) is 9.59 Å². The first-order valence-corrected chi connectivity index (χ1v) is 9.35. The molecule has 148 valence electrons. The van der Waals surface area contributed by atoms with Gasteiger partial charge < -0.3 is 20.7 Å². The third-order valence-electron chi connectivity index (χ3n) is 4.06. The number of carbonyl (C=O) groups excluding carboxylic acids is 2. The standard InChI is InChI=1S/C23H23N3O3/c27-22(24-15-16-25-23(28)18-7-3-1-4-8-18)17-29-21-13-11-20(12-14-21)26-19-9-5-2-6-10-19/h1-14,26H,15-17H2,(H,24,27)(H,25,28). The lowest BCUT2D eigenvalue weighted by atomic mass is 10.2. The molecule has 0 radical (unpaired) electrons. The Morgan fingerprint density at radius 1 is 0.690 bits per heavy atom. The highest BCUT2D eigenvalue weighted by Crippen LogP contribution is 2.19. The Kier molecular flexibility index (Phi) is 7.23. The highest BCUT2D eigenvalue weighted by atomic mass is 16.5. The van der Waals surface area contributed by atoms with E-state index in [0.717, 1.165) is 11.4 Å². The number of para-hydroxylation sites is 1. The average molecular weight is 389 g/mol. The summed E-state index contributed by atoms with van der Waals surface area (Å²) < 4.78 is 5.49. The van der Waals surface area contributed by atoms with Gasteiger partial charge in [0.05, 0.1) is 0 Å². The summed E-state index contributed by atoms with van der Waals surface area (Å²) in [5, 5.41) is 8.75. The Bertz CT molecular complexity index is 913. The van der Waals surface area contributed by atoms with E-state index in [4.69, 9.17) is 4.74 Å². The summed E-state index contributed by atoms with van der Waals surface area (Å²) in [6.07, 6.45) is 0. The first kappa shape index (κ1) is 19.9. The third kappa shape index (κ3) is 6.70. The number of hydrogen-bond acceptors (Lipinski definition) is 4. The number of ether oxygens (including phenoxy) is 1. The molecule has 0 aliphatic rings. The van der Waals surface area contributed by atoms with E-state index in [2.05, 4.69) is 16.0 Å². The number of rotatable bonds is 9. The van der Waals surface area contributed by atoms with E-state index in [1.54, 1.807) is 36.4 Å². The van der Waals surface area contributed by atoms with Gasteiger partial charge in [-0.2, -0.15) is 0 Å². The second-order valence-corrected chi connectivity index (χ2v) is 6.28. The highest BCUT2D eigenvalue weighted by Gasteiger charge is 2.05. The maximum Gasteiger partial charge on any atom is 0.258 e. The number of nitrogens with one attached hydrogen (secondary N) is 3. The van der Waals surface area contributed by atoms with Crippen LogP contribution in [0.3, 0.4) is 0 Å². The van der Waals surface area contributed by atoms with Crippen LogP contribution in [0.4, 0.5) is 11.4 Å². The van der Waals surface area contributed by atoms with E-state index in [1.807, 2.05) is 48.5 Å². The zero-order chi connectivity index (χ0) is 20.3. The first-order valence-electron chi connectivity index (χ1n) is 9.35. The molecule has 0 atom stereocenters. The molecule has 6 heteroatoms. The predicted molar refractivity (Wildman–Crippen MR) is 113 cm³/mol. The Balaban J connectivity index is 1.33. The minimum absolute atomic E-state index is 0.0852. The van der Waals surface area contributed by atoms with Crippen molar-refractivity contribution in [3.05, 3.63) is 90.5 Å². The Hall–Kier alpha value is -3.80. The number of carbonyl (C=O) groups is 2. The van der Waals surface area contributed by atoms with E-state index in [0.29, 0.717) is 24.4 Å². The van der Waals surface area contributed by atoms with E-state index < -0.39 is 0 Å². The summed E-state index contributed by atoms with van der Waals surface area (Å²) in [6.45, 7) is 0.595. The van der Waals surface area contributed by atoms with Gasteiger partial charge in [0.15, 0.2) is 6.61 Å². The summed E-state index contributed by atoms with van der Waals surface area (Å²) in [5.41, 5.74) is 2.52. The van der Waals surface area contributed by atoms with Crippen LogP contribution in [-0.4, -0.2) is 31.5 Å². The molecule has 6 nitrogen and oxygen atoms in total. The summed E-state index contributed by atoms with van der Waals surface area (Å²) in [5.74, 6) is 0.196. The van der Waals surface area contributed by atoms with Crippen molar-refractivity contribution in [1.29, 1.82) is 0 Å². The van der Waals surface area contributed by atoms with Crippen molar-refractivity contribution in [2.75, 3.05) is 25.0 Å². The molecule has 3 N–H and O–H groups in total. The highest BCUT2D eigenvalue weighted by molar-refractivity contribution is 5.94. The number of amides is 2. The van der Waals surface area contributed by atoms with E-state index in [-0.39, 0.29) is 18.4 Å². The topological polar surface area (TPSA) is 79.5 Å². The second-order valence-electron chi connectivity index (χ2n) is 6.28. The summed E-state index contributed by atoms with van der Waals surface area (Å²) in [6, 6.07) is 26.2. The molecular formula is C23H23N3O3. The molecular weight excluding hydrogens is 366 g/mol. The molecule has 0 saturated carbocycles. The number of hydrogen-bond donors (Lipinski definition) is 3. The molecule has 3 aromatic carbocycles. The maximum atomic E-state index is 11.9. The normalized spacial score (nSPS) is 10.1. The van der Waals surface area contributed by atoms with Gasteiger partial charge in [0.1, 0.15) is 5.75 Å². The van der Waals surface area contributed by atoms with Crippen molar-refractivity contribution in [1.82, 2.24) is 10.6 Å². The number of anilines is 2. The van der Waals surface area contributed by atoms with Crippen LogP contribution in [0.5, 0.6) is 5.75 Å². The van der Waals surface area contributed by atoms with E-state index in [9.17, 15) is 9.59 Å². The van der Waals surface area contributed by atoms with Crippen LogP contribution in [0.25, 0.3) is 0 Å². The van der Waals surface area contributed by atoms with Crippen molar-refractivity contribution in [2.45, 2.75) is 0 Å². The van der Waals surface area contributed by atoms with Crippen LogP contribution >= 0.6 is 0 Å². The van der Waals surface area contributed by atoms with Gasteiger partial charge in [-0.05, 0) is 48.5 Å². The molecule has 0 aromatic heterocycles. The molecule has 0 spiro atoms. The van der Waals surface area contributed by atoms with Crippen molar-refractivity contribution in [3.63, 3.8) is 0 Å². The fourth-order valence-electron chi connectivity index (χ4n) is 2.59. The van der Waals surface area contributed by atoms with Gasteiger partial charge in [-0.1, -0.05) is 36.4 Å². The molecule has 3 rings (SSSR count). The molecule has 3 aromatic rings. The van der Waals surface area contributed by atoms with Crippen molar-refractivity contribution in [3.8, 4) is 5.75 Å². The largest absolute Gasteiger partial charge is 0.484 e. The minimum Gasteiger partial charge on any atom is -0.484 e. The molecule has 29 heavy (non-hydrogen) atoms. The van der Waals surface area contributed by atoms with Crippen LogP contribution in [0, 0.1) is 0 Å². The predicted octanol–water partition coefficient (Wildman–Crippen LogP) is 3.36.